The van der Waals surface area contributed by atoms with E-state index in [9.17, 15) is 0 Å². The first kappa shape index (κ1) is 13.4. The van der Waals surface area contributed by atoms with Gasteiger partial charge in [-0.05, 0) is 25.0 Å². The zero-order valence-corrected chi connectivity index (χ0v) is 12.7. The number of hydrogen-bond donors (Lipinski definition) is 1. The van der Waals surface area contributed by atoms with Crippen molar-refractivity contribution in [3.8, 4) is 17.2 Å². The molecule has 22 heavy (non-hydrogen) atoms. The van der Waals surface area contributed by atoms with E-state index >= 15 is 0 Å². The van der Waals surface area contributed by atoms with Gasteiger partial charge in [-0.1, -0.05) is 11.6 Å². The first-order valence-corrected chi connectivity index (χ1v) is 7.50. The molecule has 4 rings (SSSR count). The van der Waals surface area contributed by atoms with Gasteiger partial charge >= 0.3 is 0 Å². The van der Waals surface area contributed by atoms with Crippen LogP contribution in [0.5, 0.6) is 11.5 Å². The summed E-state index contributed by atoms with van der Waals surface area (Å²) in [6, 6.07) is 4.51. The van der Waals surface area contributed by atoms with Crippen molar-refractivity contribution in [1.82, 2.24) is 20.4 Å². The van der Waals surface area contributed by atoms with E-state index in [4.69, 9.17) is 9.47 Å². The molecule has 0 amide bonds. The van der Waals surface area contributed by atoms with Gasteiger partial charge in [0.25, 0.3) is 0 Å². The normalized spacial score (nSPS) is 16.7. The molecule has 1 aromatic heterocycles. The molecule has 0 atom stereocenters. The van der Waals surface area contributed by atoms with Gasteiger partial charge in [-0.15, -0.1) is 5.10 Å². The van der Waals surface area contributed by atoms with E-state index in [1.165, 1.54) is 19.3 Å². The summed E-state index contributed by atoms with van der Waals surface area (Å²) < 4.78 is 12.8. The Morgan fingerprint density at radius 2 is 2.09 bits per heavy atom. The van der Waals surface area contributed by atoms with Crippen LogP contribution >= 0.6 is 0 Å². The minimum Gasteiger partial charge on any atom is -0.493 e. The highest BCUT2D eigenvalue weighted by molar-refractivity contribution is 5.74. The lowest BCUT2D eigenvalue weighted by Crippen LogP contribution is -2.49. The number of rotatable bonds is 4. The molecule has 1 aliphatic heterocycles. The molecule has 1 saturated carbocycles. The number of methoxy groups -OCH3 is 2. The summed E-state index contributed by atoms with van der Waals surface area (Å²) in [4.78, 5) is 0. The third-order valence-electron chi connectivity index (χ3n) is 4.38. The van der Waals surface area contributed by atoms with Crippen LogP contribution in [0.25, 0.3) is 5.69 Å². The molecule has 1 aliphatic carbocycles. The number of hydrazine groups is 1. The van der Waals surface area contributed by atoms with E-state index in [1.807, 2.05) is 16.8 Å². The Morgan fingerprint density at radius 3 is 2.77 bits per heavy atom. The van der Waals surface area contributed by atoms with E-state index in [1.54, 1.807) is 20.4 Å². The summed E-state index contributed by atoms with van der Waals surface area (Å²) in [6.45, 7) is 0.728. The summed E-state index contributed by atoms with van der Waals surface area (Å²) in [6.07, 6.45) is 5.52. The van der Waals surface area contributed by atoms with Gasteiger partial charge in [0.15, 0.2) is 11.5 Å². The van der Waals surface area contributed by atoms with Gasteiger partial charge in [0.1, 0.15) is 5.69 Å². The lowest BCUT2D eigenvalue weighted by Gasteiger charge is -2.38. The fraction of sp³-hybridized carbons (Fsp3) is 0.467. The molecular weight excluding hydrogens is 282 g/mol. The van der Waals surface area contributed by atoms with Gasteiger partial charge in [-0.2, -0.15) is 0 Å². The average molecular weight is 301 g/mol. The molecule has 2 aromatic rings. The Bertz CT molecular complexity index is 695. The smallest absolute Gasteiger partial charge is 0.188 e. The van der Waals surface area contributed by atoms with E-state index in [0.29, 0.717) is 17.5 Å². The highest BCUT2D eigenvalue weighted by Gasteiger charge is 2.30. The zero-order chi connectivity index (χ0) is 15.1. The summed E-state index contributed by atoms with van der Waals surface area (Å²) in [5.41, 5.74) is 6.52. The van der Waals surface area contributed by atoms with Gasteiger partial charge in [-0.25, -0.2) is 10.1 Å². The second-order valence-electron chi connectivity index (χ2n) is 5.65. The molecule has 1 fully saturated rings. The van der Waals surface area contributed by atoms with E-state index < -0.39 is 0 Å². The largest absolute Gasteiger partial charge is 0.493 e. The SMILES string of the molecule is COc1ccc2c(c1OC)-n1nncc1CN2NC1CCC1. The standard InChI is InChI=1S/C15H19N5O2/c1-21-13-7-6-12-14(15(13)22-2)20-11(8-16-18-20)9-19(12)17-10-4-3-5-10/h6-8,10,17H,3-5,9H2,1-2H3. The van der Waals surface area contributed by atoms with Crippen LogP contribution in [0.15, 0.2) is 18.3 Å². The van der Waals surface area contributed by atoms with Crippen molar-refractivity contribution in [3.05, 3.63) is 24.0 Å². The predicted octanol–water partition coefficient (Wildman–Crippen LogP) is 1.66. The quantitative estimate of drug-likeness (QED) is 0.926. The summed E-state index contributed by atoms with van der Waals surface area (Å²) in [5.74, 6) is 1.36. The minimum atomic E-state index is 0.545. The molecule has 0 radical (unpaired) electrons. The maximum absolute atomic E-state index is 5.59. The molecule has 0 saturated heterocycles. The Morgan fingerprint density at radius 1 is 1.23 bits per heavy atom. The Hall–Kier alpha value is -2.28. The molecule has 7 nitrogen and oxygen atoms in total. The van der Waals surface area contributed by atoms with Gasteiger partial charge in [0, 0.05) is 6.04 Å². The molecule has 7 heteroatoms. The molecular formula is C15H19N5O2. The van der Waals surface area contributed by atoms with Crippen LogP contribution in [-0.4, -0.2) is 35.3 Å². The highest BCUT2D eigenvalue weighted by Crippen LogP contribution is 2.43. The Balaban J connectivity index is 1.83. The minimum absolute atomic E-state index is 0.545. The number of fused-ring (bicyclic) bond motifs is 3. The third-order valence-corrected chi connectivity index (χ3v) is 4.38. The highest BCUT2D eigenvalue weighted by atomic mass is 16.5. The van der Waals surface area contributed by atoms with Crippen molar-refractivity contribution in [2.75, 3.05) is 19.2 Å². The summed E-state index contributed by atoms with van der Waals surface area (Å²) >= 11 is 0. The van der Waals surface area contributed by atoms with Gasteiger partial charge in [0.2, 0.25) is 0 Å². The van der Waals surface area contributed by atoms with Crippen molar-refractivity contribution in [3.63, 3.8) is 0 Å². The van der Waals surface area contributed by atoms with Crippen LogP contribution in [0.3, 0.4) is 0 Å². The van der Waals surface area contributed by atoms with Crippen molar-refractivity contribution in [1.29, 1.82) is 0 Å². The van der Waals surface area contributed by atoms with E-state index in [0.717, 1.165) is 23.6 Å². The number of nitrogens with one attached hydrogen (secondary N) is 1. The van der Waals surface area contributed by atoms with Crippen LogP contribution in [0.2, 0.25) is 0 Å². The Kier molecular flexibility index (Phi) is 3.15. The molecule has 1 aromatic carbocycles. The number of nitrogens with zero attached hydrogens (tertiary/aromatic N) is 4. The number of ether oxygens (including phenoxy) is 2. The fourth-order valence-corrected chi connectivity index (χ4v) is 3.00. The van der Waals surface area contributed by atoms with Gasteiger partial charge < -0.3 is 9.47 Å². The molecule has 0 spiro atoms. The molecule has 116 valence electrons. The third kappa shape index (κ3) is 1.93. The summed E-state index contributed by atoms with van der Waals surface area (Å²) in [5, 5.41) is 10.4. The van der Waals surface area contributed by atoms with Crippen molar-refractivity contribution >= 4 is 5.69 Å². The molecule has 2 heterocycles. The van der Waals surface area contributed by atoms with Crippen LogP contribution in [-0.2, 0) is 6.54 Å². The monoisotopic (exact) mass is 301 g/mol. The van der Waals surface area contributed by atoms with E-state index in [-0.39, 0.29) is 0 Å². The molecule has 0 bridgehead atoms. The predicted molar refractivity (Wildman–Crippen MR) is 81.4 cm³/mol. The number of hydrogen-bond acceptors (Lipinski definition) is 6. The maximum atomic E-state index is 5.59. The summed E-state index contributed by atoms with van der Waals surface area (Å²) in [7, 11) is 3.28. The number of anilines is 1. The van der Waals surface area contributed by atoms with Crippen molar-refractivity contribution in [2.45, 2.75) is 31.8 Å². The molecule has 0 unspecified atom stereocenters. The number of aromatic nitrogens is 3. The van der Waals surface area contributed by atoms with Crippen LogP contribution in [0.1, 0.15) is 25.0 Å². The van der Waals surface area contributed by atoms with Gasteiger partial charge in [-0.3, -0.25) is 5.01 Å². The van der Waals surface area contributed by atoms with E-state index in [2.05, 4.69) is 20.7 Å². The number of benzene rings is 1. The van der Waals surface area contributed by atoms with Crippen LogP contribution in [0, 0.1) is 0 Å². The van der Waals surface area contributed by atoms with Crippen molar-refractivity contribution < 1.29 is 9.47 Å². The molecule has 2 aliphatic rings. The van der Waals surface area contributed by atoms with Crippen LogP contribution in [0.4, 0.5) is 5.69 Å². The second-order valence-corrected chi connectivity index (χ2v) is 5.65. The van der Waals surface area contributed by atoms with Crippen molar-refractivity contribution in [2.24, 2.45) is 0 Å². The fourth-order valence-electron chi connectivity index (χ4n) is 3.00. The van der Waals surface area contributed by atoms with Crippen LogP contribution < -0.4 is 19.9 Å². The average Bonchev–Trinajstić information content (AvgIpc) is 2.97. The lowest BCUT2D eigenvalue weighted by atomic mass is 9.94. The second kappa shape index (κ2) is 5.17. The first-order valence-electron chi connectivity index (χ1n) is 7.50. The van der Waals surface area contributed by atoms with Gasteiger partial charge in [0.05, 0.1) is 38.3 Å². The maximum Gasteiger partial charge on any atom is 0.188 e. The lowest BCUT2D eigenvalue weighted by molar-refractivity contribution is 0.323. The topological polar surface area (TPSA) is 64.4 Å². The Labute approximate surface area is 128 Å². The zero-order valence-electron chi connectivity index (χ0n) is 12.7. The molecule has 1 N–H and O–H groups in total. The first-order chi connectivity index (χ1) is 10.8.